The molecule has 2 atom stereocenters. The molecule has 1 N–H and O–H groups in total. The van der Waals surface area contributed by atoms with Gasteiger partial charge in [-0.25, -0.2) is 0 Å². The third-order valence-corrected chi connectivity index (χ3v) is 6.19. The van der Waals surface area contributed by atoms with Crippen LogP contribution in [0.4, 0.5) is 0 Å². The molecule has 148 valence electrons. The fourth-order valence-corrected chi connectivity index (χ4v) is 4.57. The average Bonchev–Trinajstić information content (AvgIpc) is 3.19. The lowest BCUT2D eigenvalue weighted by Gasteiger charge is -2.42. The summed E-state index contributed by atoms with van der Waals surface area (Å²) in [7, 11) is 0. The Labute approximate surface area is 172 Å². The highest BCUT2D eigenvalue weighted by atomic mass is 35.5. The van der Waals surface area contributed by atoms with Gasteiger partial charge in [0.2, 0.25) is 5.91 Å². The number of hydrogen-bond donors (Lipinski definition) is 1. The van der Waals surface area contributed by atoms with Gasteiger partial charge in [0, 0.05) is 37.1 Å². The third-order valence-electron chi connectivity index (χ3n) is 5.25. The molecular weight excluding hydrogens is 380 g/mol. The van der Waals surface area contributed by atoms with Crippen molar-refractivity contribution in [1.29, 1.82) is 0 Å². The predicted molar refractivity (Wildman–Crippen MR) is 113 cm³/mol. The van der Waals surface area contributed by atoms with Crippen molar-refractivity contribution >= 4 is 29.7 Å². The molecule has 0 saturated carbocycles. The van der Waals surface area contributed by atoms with E-state index in [4.69, 9.17) is 0 Å². The van der Waals surface area contributed by atoms with E-state index in [1.807, 2.05) is 46.6 Å². The maximum absolute atomic E-state index is 12.4. The highest BCUT2D eigenvalue weighted by molar-refractivity contribution is 7.09. The third kappa shape index (κ3) is 6.04. The number of halogens is 1. The van der Waals surface area contributed by atoms with E-state index in [9.17, 15) is 9.90 Å². The lowest BCUT2D eigenvalue weighted by Crippen LogP contribution is -2.52. The molecule has 2 unspecified atom stereocenters. The minimum absolute atomic E-state index is 0. The molecule has 1 aromatic carbocycles. The van der Waals surface area contributed by atoms with Crippen LogP contribution in [0.2, 0.25) is 0 Å². The quantitative estimate of drug-likeness (QED) is 0.763. The minimum Gasteiger partial charge on any atom is -0.387 e. The van der Waals surface area contributed by atoms with Crippen molar-refractivity contribution in [2.45, 2.75) is 32.4 Å². The summed E-state index contributed by atoms with van der Waals surface area (Å²) in [5.74, 6) is 0.226. The van der Waals surface area contributed by atoms with Gasteiger partial charge in [0.25, 0.3) is 0 Å². The normalized spacial score (nSPS) is 20.1. The zero-order valence-electron chi connectivity index (χ0n) is 15.8. The van der Waals surface area contributed by atoms with Gasteiger partial charge >= 0.3 is 0 Å². The van der Waals surface area contributed by atoms with Crippen LogP contribution >= 0.6 is 23.7 Å². The number of thiophene rings is 1. The predicted octanol–water partition coefficient (Wildman–Crippen LogP) is 3.44. The number of aliphatic hydroxyl groups excluding tert-OH is 1. The molecule has 0 aliphatic carbocycles. The van der Waals surface area contributed by atoms with Crippen LogP contribution in [0.15, 0.2) is 47.8 Å². The first kappa shape index (κ1) is 21.9. The Balaban J connectivity index is 0.00000261. The molecule has 2 heterocycles. The monoisotopic (exact) mass is 408 g/mol. The molecule has 1 saturated heterocycles. The molecule has 3 rings (SSSR count). The van der Waals surface area contributed by atoms with Crippen LogP contribution in [0.1, 0.15) is 23.8 Å². The summed E-state index contributed by atoms with van der Waals surface area (Å²) in [5, 5.41) is 11.6. The number of rotatable bonds is 7. The van der Waals surface area contributed by atoms with E-state index in [1.165, 1.54) is 4.88 Å². The Bertz CT molecular complexity index is 681. The summed E-state index contributed by atoms with van der Waals surface area (Å²) in [6, 6.07) is 14.5. The van der Waals surface area contributed by atoms with E-state index in [0.717, 1.165) is 38.0 Å². The van der Waals surface area contributed by atoms with Gasteiger partial charge in [0.1, 0.15) is 6.61 Å². The first-order chi connectivity index (χ1) is 12.7. The summed E-state index contributed by atoms with van der Waals surface area (Å²) in [6.45, 7) is 5.46. The van der Waals surface area contributed by atoms with E-state index in [2.05, 4.69) is 29.3 Å². The fourth-order valence-electron chi connectivity index (χ4n) is 3.87. The molecule has 4 nitrogen and oxygen atoms in total. The van der Waals surface area contributed by atoms with Crippen molar-refractivity contribution in [3.63, 3.8) is 0 Å². The van der Waals surface area contributed by atoms with Gasteiger partial charge < -0.3 is 14.9 Å². The van der Waals surface area contributed by atoms with Gasteiger partial charge in [-0.1, -0.05) is 43.3 Å². The molecule has 0 radical (unpaired) electrons. The molecule has 1 aliphatic heterocycles. The SMILES string of the molecule is CC1CN(CCc2cccs2)CCC1N(Cc1ccccc1)C(=O)CO.Cl. The molecule has 1 aromatic heterocycles. The molecule has 0 bridgehead atoms. The number of hydrogen-bond acceptors (Lipinski definition) is 4. The Morgan fingerprint density at radius 3 is 2.67 bits per heavy atom. The zero-order valence-corrected chi connectivity index (χ0v) is 17.4. The number of likely N-dealkylation sites (tertiary alicyclic amines) is 1. The molecule has 1 fully saturated rings. The van der Waals surface area contributed by atoms with Crippen LogP contribution in [-0.2, 0) is 17.8 Å². The molecule has 1 amide bonds. The second-order valence-electron chi connectivity index (χ2n) is 7.13. The van der Waals surface area contributed by atoms with Gasteiger partial charge in [-0.2, -0.15) is 0 Å². The van der Waals surface area contributed by atoms with Crippen molar-refractivity contribution in [3.05, 3.63) is 58.3 Å². The summed E-state index contributed by atoms with van der Waals surface area (Å²) in [5.41, 5.74) is 1.11. The number of aliphatic hydroxyl groups is 1. The van der Waals surface area contributed by atoms with Crippen molar-refractivity contribution in [3.8, 4) is 0 Å². The van der Waals surface area contributed by atoms with Crippen molar-refractivity contribution < 1.29 is 9.90 Å². The summed E-state index contributed by atoms with van der Waals surface area (Å²) in [6.07, 6.45) is 2.06. The Morgan fingerprint density at radius 1 is 1.26 bits per heavy atom. The highest BCUT2D eigenvalue weighted by Gasteiger charge is 2.32. The number of amides is 1. The fraction of sp³-hybridized carbons (Fsp3) is 0.476. The number of carbonyl (C=O) groups is 1. The summed E-state index contributed by atoms with van der Waals surface area (Å²) < 4.78 is 0. The number of nitrogens with zero attached hydrogens (tertiary/aromatic N) is 2. The maximum atomic E-state index is 12.4. The number of piperidine rings is 1. The summed E-state index contributed by atoms with van der Waals surface area (Å²) >= 11 is 1.82. The molecular formula is C21H29ClN2O2S. The van der Waals surface area contributed by atoms with Gasteiger partial charge in [0.15, 0.2) is 0 Å². The van der Waals surface area contributed by atoms with Crippen molar-refractivity contribution in [2.75, 3.05) is 26.2 Å². The van der Waals surface area contributed by atoms with E-state index < -0.39 is 6.61 Å². The van der Waals surface area contributed by atoms with Gasteiger partial charge in [-0.05, 0) is 35.8 Å². The molecule has 1 aliphatic rings. The van der Waals surface area contributed by atoms with E-state index in [1.54, 1.807) is 0 Å². The van der Waals surface area contributed by atoms with E-state index in [0.29, 0.717) is 12.5 Å². The van der Waals surface area contributed by atoms with Crippen LogP contribution in [-0.4, -0.2) is 53.1 Å². The van der Waals surface area contributed by atoms with Crippen molar-refractivity contribution in [1.82, 2.24) is 9.80 Å². The largest absolute Gasteiger partial charge is 0.387 e. The lowest BCUT2D eigenvalue weighted by molar-refractivity contribution is -0.139. The van der Waals surface area contributed by atoms with Gasteiger partial charge in [-0.3, -0.25) is 4.79 Å². The van der Waals surface area contributed by atoms with Crippen LogP contribution < -0.4 is 0 Å². The Hall–Kier alpha value is -1.40. The lowest BCUT2D eigenvalue weighted by atomic mass is 9.91. The molecule has 6 heteroatoms. The zero-order chi connectivity index (χ0) is 18.4. The summed E-state index contributed by atoms with van der Waals surface area (Å²) in [4.78, 5) is 18.2. The topological polar surface area (TPSA) is 43.8 Å². The molecule has 2 aromatic rings. The standard InChI is InChI=1S/C21H28N2O2S.ClH/c1-17-14-22(11-9-19-8-5-13-26-19)12-10-20(17)23(21(25)16-24)15-18-6-3-2-4-7-18;/h2-8,13,17,20,24H,9-12,14-16H2,1H3;1H. The maximum Gasteiger partial charge on any atom is 0.248 e. The second kappa shape index (κ2) is 10.8. The van der Waals surface area contributed by atoms with Crippen LogP contribution in [0.25, 0.3) is 0 Å². The number of carbonyl (C=O) groups excluding carboxylic acids is 1. The first-order valence-electron chi connectivity index (χ1n) is 9.36. The first-order valence-corrected chi connectivity index (χ1v) is 10.2. The molecule has 0 spiro atoms. The second-order valence-corrected chi connectivity index (χ2v) is 8.16. The van der Waals surface area contributed by atoms with E-state index >= 15 is 0 Å². The van der Waals surface area contributed by atoms with Gasteiger partial charge in [-0.15, -0.1) is 23.7 Å². The van der Waals surface area contributed by atoms with Crippen molar-refractivity contribution in [2.24, 2.45) is 5.92 Å². The Morgan fingerprint density at radius 2 is 2.04 bits per heavy atom. The van der Waals surface area contributed by atoms with Crippen LogP contribution in [0, 0.1) is 5.92 Å². The number of benzene rings is 1. The molecule has 27 heavy (non-hydrogen) atoms. The van der Waals surface area contributed by atoms with E-state index in [-0.39, 0.29) is 24.4 Å². The Kier molecular flexibility index (Phi) is 8.77. The smallest absolute Gasteiger partial charge is 0.248 e. The minimum atomic E-state index is -0.419. The van der Waals surface area contributed by atoms with Crippen LogP contribution in [0.3, 0.4) is 0 Å². The van der Waals surface area contributed by atoms with Crippen LogP contribution in [0.5, 0.6) is 0 Å². The highest BCUT2D eigenvalue weighted by Crippen LogP contribution is 2.24. The van der Waals surface area contributed by atoms with Gasteiger partial charge in [0.05, 0.1) is 0 Å². The average molecular weight is 409 g/mol.